The van der Waals surface area contributed by atoms with Crippen molar-refractivity contribution in [3.05, 3.63) is 33.8 Å². The van der Waals surface area contributed by atoms with E-state index in [0.29, 0.717) is 28.6 Å². The number of hydrogen-bond acceptors (Lipinski definition) is 2. The lowest BCUT2D eigenvalue weighted by atomic mass is 10.1. The van der Waals surface area contributed by atoms with E-state index >= 15 is 0 Å². The Bertz CT molecular complexity index is 328. The molecule has 0 aliphatic heterocycles. The van der Waals surface area contributed by atoms with Gasteiger partial charge in [0.1, 0.15) is 0 Å². The fourth-order valence-electron chi connectivity index (χ4n) is 0.981. The molecule has 0 fully saturated rings. The zero-order chi connectivity index (χ0) is 9.84. The van der Waals surface area contributed by atoms with Crippen LogP contribution in [0.15, 0.2) is 18.2 Å². The third-order valence-electron chi connectivity index (χ3n) is 1.60. The molecule has 0 aromatic heterocycles. The molecule has 0 atom stereocenters. The second-order valence-corrected chi connectivity index (χ2v) is 3.43. The van der Waals surface area contributed by atoms with Crippen molar-refractivity contribution in [2.24, 2.45) is 5.73 Å². The van der Waals surface area contributed by atoms with Crippen molar-refractivity contribution < 1.29 is 4.79 Å². The van der Waals surface area contributed by atoms with Crippen molar-refractivity contribution in [1.82, 2.24) is 0 Å². The van der Waals surface area contributed by atoms with Gasteiger partial charge < -0.3 is 5.73 Å². The van der Waals surface area contributed by atoms with E-state index in [-0.39, 0.29) is 18.2 Å². The summed E-state index contributed by atoms with van der Waals surface area (Å²) in [5.74, 6) is -0.0517. The topological polar surface area (TPSA) is 43.1 Å². The lowest BCUT2D eigenvalue weighted by Crippen LogP contribution is -2.08. The summed E-state index contributed by atoms with van der Waals surface area (Å²) >= 11 is 11.5. The fourth-order valence-corrected chi connectivity index (χ4v) is 1.50. The Balaban J connectivity index is 0.00000169. The largest absolute Gasteiger partial charge is 0.330 e. The molecule has 0 saturated heterocycles. The van der Waals surface area contributed by atoms with Crippen molar-refractivity contribution in [2.75, 3.05) is 6.54 Å². The molecule has 0 heterocycles. The van der Waals surface area contributed by atoms with E-state index in [1.165, 1.54) is 0 Å². The second kappa shape index (κ2) is 6.25. The van der Waals surface area contributed by atoms with Gasteiger partial charge in [-0.3, -0.25) is 4.79 Å². The van der Waals surface area contributed by atoms with Crippen molar-refractivity contribution >= 4 is 41.4 Å². The van der Waals surface area contributed by atoms with Crippen LogP contribution in [0.4, 0.5) is 0 Å². The molecular weight excluding hydrogens is 244 g/mol. The molecule has 0 aliphatic carbocycles. The molecule has 0 bridgehead atoms. The maximum absolute atomic E-state index is 11.4. The van der Waals surface area contributed by atoms with Crippen LogP contribution >= 0.6 is 35.6 Å². The molecule has 2 N–H and O–H groups in total. The Morgan fingerprint density at radius 1 is 1.36 bits per heavy atom. The third kappa shape index (κ3) is 3.46. The summed E-state index contributed by atoms with van der Waals surface area (Å²) in [5.41, 5.74) is 5.74. The van der Waals surface area contributed by atoms with Crippen molar-refractivity contribution in [3.63, 3.8) is 0 Å². The average Bonchev–Trinajstić information content (AvgIpc) is 2.04. The van der Waals surface area contributed by atoms with E-state index in [0.717, 1.165) is 0 Å². The zero-order valence-corrected chi connectivity index (χ0v) is 9.62. The molecule has 0 aliphatic rings. The first-order chi connectivity index (χ1) is 6.15. The number of rotatable bonds is 3. The number of halogens is 3. The molecule has 0 radical (unpaired) electrons. The molecular formula is C9H10Cl3NO. The molecule has 5 heteroatoms. The normalized spacial score (nSPS) is 9.36. The molecule has 1 rings (SSSR count). The van der Waals surface area contributed by atoms with Gasteiger partial charge in [-0.25, -0.2) is 0 Å². The Morgan fingerprint density at radius 3 is 2.50 bits per heavy atom. The molecule has 0 unspecified atom stereocenters. The highest BCUT2D eigenvalue weighted by molar-refractivity contribution is 6.36. The van der Waals surface area contributed by atoms with Crippen LogP contribution in [0.2, 0.25) is 10.0 Å². The predicted octanol–water partition coefficient (Wildman–Crippen LogP) is 2.95. The van der Waals surface area contributed by atoms with Gasteiger partial charge in [-0.15, -0.1) is 12.4 Å². The van der Waals surface area contributed by atoms with Crippen LogP contribution in [0.3, 0.4) is 0 Å². The van der Waals surface area contributed by atoms with Crippen LogP contribution in [0, 0.1) is 0 Å². The minimum Gasteiger partial charge on any atom is -0.330 e. The minimum atomic E-state index is -0.0517. The van der Waals surface area contributed by atoms with Crippen molar-refractivity contribution in [3.8, 4) is 0 Å². The highest BCUT2D eigenvalue weighted by atomic mass is 35.5. The number of nitrogens with two attached hydrogens (primary N) is 1. The number of ketones is 1. The van der Waals surface area contributed by atoms with E-state index < -0.39 is 0 Å². The van der Waals surface area contributed by atoms with Gasteiger partial charge in [0.15, 0.2) is 5.78 Å². The first kappa shape index (κ1) is 13.7. The summed E-state index contributed by atoms with van der Waals surface area (Å²) in [5, 5.41) is 0.903. The van der Waals surface area contributed by atoms with E-state index in [2.05, 4.69) is 0 Å². The fraction of sp³-hybridized carbons (Fsp3) is 0.222. The van der Waals surface area contributed by atoms with Gasteiger partial charge in [-0.1, -0.05) is 23.2 Å². The lowest BCUT2D eigenvalue weighted by Gasteiger charge is -2.01. The van der Waals surface area contributed by atoms with Gasteiger partial charge in [-0.2, -0.15) is 0 Å². The monoisotopic (exact) mass is 253 g/mol. The van der Waals surface area contributed by atoms with Crippen LogP contribution in [-0.2, 0) is 0 Å². The maximum Gasteiger partial charge on any atom is 0.165 e. The number of carbonyl (C=O) groups is 1. The summed E-state index contributed by atoms with van der Waals surface area (Å²) in [6, 6.07) is 4.80. The first-order valence-electron chi connectivity index (χ1n) is 3.83. The summed E-state index contributed by atoms with van der Waals surface area (Å²) < 4.78 is 0. The van der Waals surface area contributed by atoms with E-state index in [9.17, 15) is 4.79 Å². The molecule has 78 valence electrons. The molecule has 2 nitrogen and oxygen atoms in total. The average molecular weight is 255 g/mol. The molecule has 0 amide bonds. The quantitative estimate of drug-likeness (QED) is 0.843. The number of carbonyl (C=O) groups excluding carboxylic acids is 1. The van der Waals surface area contributed by atoms with Gasteiger partial charge in [0, 0.05) is 17.0 Å². The lowest BCUT2D eigenvalue weighted by molar-refractivity contribution is 0.0985. The Hall–Kier alpha value is -0.280. The Morgan fingerprint density at radius 2 is 2.00 bits per heavy atom. The minimum absolute atomic E-state index is 0. The van der Waals surface area contributed by atoms with Crippen LogP contribution in [-0.4, -0.2) is 12.3 Å². The molecule has 0 saturated carbocycles. The number of hydrogen-bond donors (Lipinski definition) is 1. The van der Waals surface area contributed by atoms with E-state index in [1.807, 2.05) is 0 Å². The SMILES string of the molecule is Cl.NCCC(=O)c1ccc(Cl)cc1Cl. The van der Waals surface area contributed by atoms with Gasteiger partial charge in [0.05, 0.1) is 5.02 Å². The van der Waals surface area contributed by atoms with Crippen LogP contribution in [0.5, 0.6) is 0 Å². The van der Waals surface area contributed by atoms with Crippen molar-refractivity contribution in [1.29, 1.82) is 0 Å². The highest BCUT2D eigenvalue weighted by Gasteiger charge is 2.08. The third-order valence-corrected chi connectivity index (χ3v) is 2.15. The van der Waals surface area contributed by atoms with Crippen LogP contribution < -0.4 is 5.73 Å². The molecule has 14 heavy (non-hydrogen) atoms. The predicted molar refractivity (Wildman–Crippen MR) is 61.7 cm³/mol. The number of benzene rings is 1. The Labute approximate surface area is 98.8 Å². The van der Waals surface area contributed by atoms with Crippen molar-refractivity contribution in [2.45, 2.75) is 6.42 Å². The van der Waals surface area contributed by atoms with Gasteiger partial charge in [0.2, 0.25) is 0 Å². The van der Waals surface area contributed by atoms with Gasteiger partial charge in [0.25, 0.3) is 0 Å². The first-order valence-corrected chi connectivity index (χ1v) is 4.59. The van der Waals surface area contributed by atoms with Gasteiger partial charge >= 0.3 is 0 Å². The van der Waals surface area contributed by atoms with Gasteiger partial charge in [-0.05, 0) is 24.7 Å². The smallest absolute Gasteiger partial charge is 0.165 e. The van der Waals surface area contributed by atoms with Crippen LogP contribution in [0.25, 0.3) is 0 Å². The zero-order valence-electron chi connectivity index (χ0n) is 7.30. The van der Waals surface area contributed by atoms with E-state index in [4.69, 9.17) is 28.9 Å². The summed E-state index contributed by atoms with van der Waals surface area (Å²) in [6.45, 7) is 0.331. The number of Topliss-reactive ketones (excluding diaryl/α,β-unsaturated/α-hetero) is 1. The molecule has 1 aromatic carbocycles. The maximum atomic E-state index is 11.4. The molecule has 1 aromatic rings. The standard InChI is InChI=1S/C9H9Cl2NO.ClH/c10-6-1-2-7(8(11)5-6)9(13)3-4-12;/h1-2,5H,3-4,12H2;1H. The molecule has 0 spiro atoms. The summed E-state index contributed by atoms with van der Waals surface area (Å²) in [7, 11) is 0. The van der Waals surface area contributed by atoms with E-state index in [1.54, 1.807) is 18.2 Å². The Kier molecular flexibility index (Phi) is 6.12. The van der Waals surface area contributed by atoms with Crippen LogP contribution in [0.1, 0.15) is 16.8 Å². The second-order valence-electron chi connectivity index (χ2n) is 2.59. The highest BCUT2D eigenvalue weighted by Crippen LogP contribution is 2.21. The summed E-state index contributed by atoms with van der Waals surface area (Å²) in [6.07, 6.45) is 0.307. The summed E-state index contributed by atoms with van der Waals surface area (Å²) in [4.78, 5) is 11.4.